The number of hydrogen-bond acceptors (Lipinski definition) is 5. The van der Waals surface area contributed by atoms with Gasteiger partial charge in [-0.3, -0.25) is 14.6 Å². The first-order valence-corrected chi connectivity index (χ1v) is 7.94. The van der Waals surface area contributed by atoms with Gasteiger partial charge in [-0.05, 0) is 39.7 Å². The minimum Gasteiger partial charge on any atom is -0.465 e. The largest absolute Gasteiger partial charge is 0.465 e. The maximum atomic E-state index is 12.0. The van der Waals surface area contributed by atoms with Gasteiger partial charge in [-0.25, -0.2) is 0 Å². The molecule has 2 fully saturated rings. The van der Waals surface area contributed by atoms with Crippen LogP contribution in [-0.4, -0.2) is 66.2 Å². The van der Waals surface area contributed by atoms with Gasteiger partial charge < -0.3 is 10.5 Å². The third-order valence-corrected chi connectivity index (χ3v) is 4.92. The molecule has 2 N–H and O–H groups in total. The lowest BCUT2D eigenvalue weighted by atomic mass is 9.98. The Kier molecular flexibility index (Phi) is 5.04. The fourth-order valence-electron chi connectivity index (χ4n) is 3.65. The lowest BCUT2D eigenvalue weighted by Gasteiger charge is -2.42. The fourth-order valence-corrected chi connectivity index (χ4v) is 3.65. The van der Waals surface area contributed by atoms with Crippen LogP contribution in [0, 0.1) is 0 Å². The number of carbonyl (C=O) groups is 1. The summed E-state index contributed by atoms with van der Waals surface area (Å²) in [6.07, 6.45) is 2.50. The summed E-state index contributed by atoms with van der Waals surface area (Å²) in [5.74, 6) is -0.220. The van der Waals surface area contributed by atoms with Gasteiger partial charge in [0.2, 0.25) is 0 Å². The van der Waals surface area contributed by atoms with Crippen molar-refractivity contribution in [2.45, 2.75) is 57.7 Å². The molecule has 2 rings (SSSR count). The van der Waals surface area contributed by atoms with Crippen molar-refractivity contribution >= 4 is 5.97 Å². The van der Waals surface area contributed by atoms with Crippen LogP contribution in [0.3, 0.4) is 0 Å². The van der Waals surface area contributed by atoms with Crippen molar-refractivity contribution in [3.8, 4) is 0 Å². The molecule has 0 radical (unpaired) electrons. The maximum Gasteiger partial charge on any atom is 0.326 e. The second-order valence-corrected chi connectivity index (χ2v) is 6.25. The first-order chi connectivity index (χ1) is 9.50. The topological polar surface area (TPSA) is 58.8 Å². The van der Waals surface area contributed by atoms with Gasteiger partial charge in [0, 0.05) is 31.7 Å². The molecule has 0 aromatic carbocycles. The van der Waals surface area contributed by atoms with Gasteiger partial charge in [0.25, 0.3) is 0 Å². The lowest BCUT2D eigenvalue weighted by molar-refractivity contribution is -0.149. The van der Waals surface area contributed by atoms with Gasteiger partial charge in [-0.15, -0.1) is 0 Å². The van der Waals surface area contributed by atoms with Crippen molar-refractivity contribution in [2.24, 2.45) is 5.73 Å². The molecule has 1 saturated heterocycles. The molecule has 1 saturated carbocycles. The van der Waals surface area contributed by atoms with E-state index in [0.717, 1.165) is 45.4 Å². The summed E-state index contributed by atoms with van der Waals surface area (Å²) in [4.78, 5) is 17.0. The SMILES string of the molecule is CCOC(=O)C1(N)CCC(N2CCN(CC)C(C)C2)C1. The van der Waals surface area contributed by atoms with Gasteiger partial charge in [-0.1, -0.05) is 6.92 Å². The Morgan fingerprint density at radius 2 is 2.15 bits per heavy atom. The molecule has 1 aliphatic carbocycles. The number of esters is 1. The predicted molar refractivity (Wildman–Crippen MR) is 79.5 cm³/mol. The Balaban J connectivity index is 1.91. The third kappa shape index (κ3) is 3.15. The standard InChI is InChI=1S/C15H29N3O2/c1-4-17-8-9-18(11-12(17)3)13-6-7-15(16,10-13)14(19)20-5-2/h12-13H,4-11,16H2,1-3H3. The molecular weight excluding hydrogens is 254 g/mol. The summed E-state index contributed by atoms with van der Waals surface area (Å²) in [5, 5.41) is 0. The van der Waals surface area contributed by atoms with Crippen molar-refractivity contribution in [3.63, 3.8) is 0 Å². The number of likely N-dealkylation sites (N-methyl/N-ethyl adjacent to an activating group) is 1. The minimum absolute atomic E-state index is 0.220. The summed E-state index contributed by atoms with van der Waals surface area (Å²) in [6.45, 7) is 11.1. The van der Waals surface area contributed by atoms with Crippen molar-refractivity contribution in [3.05, 3.63) is 0 Å². The van der Waals surface area contributed by atoms with E-state index in [2.05, 4.69) is 23.6 Å². The van der Waals surface area contributed by atoms with Gasteiger partial charge in [0.15, 0.2) is 0 Å². The highest BCUT2D eigenvalue weighted by Gasteiger charge is 2.45. The Hall–Kier alpha value is -0.650. The van der Waals surface area contributed by atoms with Gasteiger partial charge in [0.05, 0.1) is 6.61 Å². The zero-order valence-corrected chi connectivity index (χ0v) is 13.1. The number of nitrogens with two attached hydrogens (primary N) is 1. The quantitative estimate of drug-likeness (QED) is 0.774. The molecule has 20 heavy (non-hydrogen) atoms. The summed E-state index contributed by atoms with van der Waals surface area (Å²) in [6, 6.07) is 1.02. The molecule has 5 heteroatoms. The number of rotatable bonds is 4. The van der Waals surface area contributed by atoms with Crippen LogP contribution in [0.1, 0.15) is 40.0 Å². The summed E-state index contributed by atoms with van der Waals surface area (Å²) < 4.78 is 5.13. The molecule has 0 spiro atoms. The van der Waals surface area contributed by atoms with Crippen molar-refractivity contribution < 1.29 is 9.53 Å². The normalized spacial score (nSPS) is 36.2. The second-order valence-electron chi connectivity index (χ2n) is 6.25. The van der Waals surface area contributed by atoms with Crippen LogP contribution < -0.4 is 5.73 Å². The minimum atomic E-state index is -0.758. The Labute approximate surface area is 122 Å². The van der Waals surface area contributed by atoms with Crippen LogP contribution in [0.2, 0.25) is 0 Å². The number of ether oxygens (including phenoxy) is 1. The lowest BCUT2D eigenvalue weighted by Crippen LogP contribution is -2.55. The van der Waals surface area contributed by atoms with Crippen LogP contribution in [0.15, 0.2) is 0 Å². The van der Waals surface area contributed by atoms with Gasteiger partial charge >= 0.3 is 5.97 Å². The van der Waals surface area contributed by atoms with E-state index >= 15 is 0 Å². The van der Waals surface area contributed by atoms with Crippen LogP contribution in [-0.2, 0) is 9.53 Å². The van der Waals surface area contributed by atoms with E-state index in [1.54, 1.807) is 0 Å². The predicted octanol–water partition coefficient (Wildman–Crippen LogP) is 0.826. The Morgan fingerprint density at radius 3 is 2.75 bits per heavy atom. The van der Waals surface area contributed by atoms with Crippen LogP contribution >= 0.6 is 0 Å². The van der Waals surface area contributed by atoms with E-state index in [0.29, 0.717) is 18.7 Å². The van der Waals surface area contributed by atoms with E-state index in [1.165, 1.54) is 0 Å². The zero-order valence-electron chi connectivity index (χ0n) is 13.1. The maximum absolute atomic E-state index is 12.0. The highest BCUT2D eigenvalue weighted by atomic mass is 16.5. The van der Waals surface area contributed by atoms with E-state index < -0.39 is 5.54 Å². The van der Waals surface area contributed by atoms with Crippen molar-refractivity contribution in [1.82, 2.24) is 9.80 Å². The highest BCUT2D eigenvalue weighted by molar-refractivity contribution is 5.81. The van der Waals surface area contributed by atoms with Crippen LogP contribution in [0.4, 0.5) is 0 Å². The molecule has 5 nitrogen and oxygen atoms in total. The smallest absolute Gasteiger partial charge is 0.326 e. The molecule has 1 aliphatic heterocycles. The molecular formula is C15H29N3O2. The Bertz CT molecular complexity index is 350. The van der Waals surface area contributed by atoms with Gasteiger partial charge in [0.1, 0.15) is 5.54 Å². The van der Waals surface area contributed by atoms with Crippen molar-refractivity contribution in [1.29, 1.82) is 0 Å². The fraction of sp³-hybridized carbons (Fsp3) is 0.933. The van der Waals surface area contributed by atoms with E-state index in [-0.39, 0.29) is 5.97 Å². The first-order valence-electron chi connectivity index (χ1n) is 7.94. The van der Waals surface area contributed by atoms with Crippen LogP contribution in [0.5, 0.6) is 0 Å². The number of hydrogen-bond donors (Lipinski definition) is 1. The summed E-state index contributed by atoms with van der Waals surface area (Å²) in [7, 11) is 0. The molecule has 2 aliphatic rings. The summed E-state index contributed by atoms with van der Waals surface area (Å²) in [5.41, 5.74) is 5.50. The molecule has 116 valence electrons. The molecule has 3 atom stereocenters. The van der Waals surface area contributed by atoms with Crippen molar-refractivity contribution in [2.75, 3.05) is 32.8 Å². The van der Waals surface area contributed by atoms with Gasteiger partial charge in [-0.2, -0.15) is 0 Å². The number of piperazine rings is 1. The first kappa shape index (κ1) is 15.7. The molecule has 3 unspecified atom stereocenters. The molecule has 0 aromatic heterocycles. The number of nitrogens with zero attached hydrogens (tertiary/aromatic N) is 2. The van der Waals surface area contributed by atoms with E-state index in [9.17, 15) is 4.79 Å². The highest BCUT2D eigenvalue weighted by Crippen LogP contribution is 2.33. The van der Waals surface area contributed by atoms with E-state index in [4.69, 9.17) is 10.5 Å². The number of carbonyl (C=O) groups excluding carboxylic acids is 1. The van der Waals surface area contributed by atoms with E-state index in [1.807, 2.05) is 6.92 Å². The molecule has 0 amide bonds. The Morgan fingerprint density at radius 1 is 1.40 bits per heavy atom. The molecule has 0 aromatic rings. The van der Waals surface area contributed by atoms with Crippen LogP contribution in [0.25, 0.3) is 0 Å². The zero-order chi connectivity index (χ0) is 14.8. The average molecular weight is 283 g/mol. The molecule has 1 heterocycles. The second kappa shape index (κ2) is 6.41. The third-order valence-electron chi connectivity index (χ3n) is 4.92. The monoisotopic (exact) mass is 283 g/mol. The molecule has 0 bridgehead atoms. The summed E-state index contributed by atoms with van der Waals surface area (Å²) >= 11 is 0. The average Bonchev–Trinajstić information content (AvgIpc) is 2.83.